The van der Waals surface area contributed by atoms with Crippen LogP contribution in [0, 0.1) is 0 Å². The molecule has 2 aliphatic heterocycles. The summed E-state index contributed by atoms with van der Waals surface area (Å²) in [6.07, 6.45) is 4.96. The minimum Gasteiger partial charge on any atom is -0.486 e. The minimum atomic E-state index is -0.199. The lowest BCUT2D eigenvalue weighted by Gasteiger charge is -2.18. The zero-order valence-electron chi connectivity index (χ0n) is 17.3. The van der Waals surface area contributed by atoms with E-state index in [1.807, 2.05) is 47.9 Å². The molecular formula is C24H22N2O5S. The Morgan fingerprint density at radius 2 is 1.62 bits per heavy atom. The number of hydrogen-bond acceptors (Lipinski definition) is 7. The zero-order chi connectivity index (χ0) is 21.8. The molecule has 2 aliphatic rings. The summed E-state index contributed by atoms with van der Waals surface area (Å²) in [4.78, 5) is 16.8. The minimum absolute atomic E-state index is 0.199. The van der Waals surface area contributed by atoms with Crippen LogP contribution in [0.3, 0.4) is 0 Å². The molecule has 1 aromatic heterocycles. The molecular weight excluding hydrogens is 428 g/mol. The van der Waals surface area contributed by atoms with Crippen molar-refractivity contribution in [3.8, 4) is 34.3 Å². The topological polar surface area (TPSA) is 78.9 Å². The van der Waals surface area contributed by atoms with Gasteiger partial charge in [0.25, 0.3) is 0 Å². The van der Waals surface area contributed by atoms with Crippen LogP contribution in [-0.4, -0.2) is 37.3 Å². The predicted octanol–water partition coefficient (Wildman–Crippen LogP) is 4.48. The van der Waals surface area contributed by atoms with Crippen LogP contribution in [0.5, 0.6) is 23.0 Å². The van der Waals surface area contributed by atoms with Crippen LogP contribution in [0.15, 0.2) is 53.9 Å². The molecule has 0 aliphatic carbocycles. The van der Waals surface area contributed by atoms with Crippen molar-refractivity contribution in [3.05, 3.63) is 59.5 Å². The van der Waals surface area contributed by atoms with E-state index in [0.29, 0.717) is 37.3 Å². The highest BCUT2D eigenvalue weighted by molar-refractivity contribution is 7.14. The Bertz CT molecular complexity index is 1160. The molecule has 8 heteroatoms. The Labute approximate surface area is 189 Å². The average Bonchev–Trinajstić information content (AvgIpc) is 3.30. The van der Waals surface area contributed by atoms with Crippen LogP contribution in [0.25, 0.3) is 11.3 Å². The standard InChI is InChI=1S/C24H22N2O5S/c27-23(4-2-1-3-16-5-7-19-21(13-16)30-11-9-28-19)26-24-25-18(15-32-24)17-6-8-20-22(14-17)31-12-10-29-20/h2,4-8,13-15H,1,3,9-12H2,(H,25,26,27). The van der Waals surface area contributed by atoms with Crippen molar-refractivity contribution >= 4 is 22.4 Å². The number of rotatable bonds is 6. The molecule has 0 saturated carbocycles. The van der Waals surface area contributed by atoms with Gasteiger partial charge in [0.2, 0.25) is 5.91 Å². The average molecular weight is 451 g/mol. The first-order valence-electron chi connectivity index (χ1n) is 10.5. The normalized spacial score (nSPS) is 14.4. The van der Waals surface area contributed by atoms with E-state index in [9.17, 15) is 4.79 Å². The van der Waals surface area contributed by atoms with E-state index in [1.54, 1.807) is 6.08 Å². The van der Waals surface area contributed by atoms with Crippen LogP contribution in [-0.2, 0) is 11.2 Å². The number of aryl methyl sites for hydroxylation is 1. The largest absolute Gasteiger partial charge is 0.486 e. The first-order valence-corrected chi connectivity index (χ1v) is 11.3. The SMILES string of the molecule is O=C(C=CCCc1ccc2c(c1)OCCO2)Nc1nc(-c2ccc3c(c2)OCCO3)cs1. The number of fused-ring (bicyclic) bond motifs is 2. The molecule has 0 spiro atoms. The van der Waals surface area contributed by atoms with Gasteiger partial charge in [0, 0.05) is 10.9 Å². The molecule has 3 heterocycles. The van der Waals surface area contributed by atoms with Crippen molar-refractivity contribution in [1.82, 2.24) is 4.98 Å². The van der Waals surface area contributed by atoms with Crippen LogP contribution >= 0.6 is 11.3 Å². The van der Waals surface area contributed by atoms with Gasteiger partial charge in [-0.05, 0) is 54.8 Å². The molecule has 164 valence electrons. The van der Waals surface area contributed by atoms with Crippen LogP contribution < -0.4 is 24.3 Å². The van der Waals surface area contributed by atoms with Gasteiger partial charge in [-0.1, -0.05) is 12.1 Å². The number of hydrogen-bond donors (Lipinski definition) is 1. The number of benzene rings is 2. The maximum Gasteiger partial charge on any atom is 0.249 e. The maximum absolute atomic E-state index is 12.2. The van der Waals surface area contributed by atoms with E-state index in [0.717, 1.165) is 46.9 Å². The molecule has 1 amide bonds. The molecule has 0 saturated heterocycles. The number of carbonyl (C=O) groups is 1. The van der Waals surface area contributed by atoms with Gasteiger partial charge in [-0.15, -0.1) is 11.3 Å². The molecule has 7 nitrogen and oxygen atoms in total. The highest BCUT2D eigenvalue weighted by Gasteiger charge is 2.14. The highest BCUT2D eigenvalue weighted by Crippen LogP contribution is 2.35. The quantitative estimate of drug-likeness (QED) is 0.558. The molecule has 0 unspecified atom stereocenters. The lowest BCUT2D eigenvalue weighted by atomic mass is 10.1. The number of nitrogens with one attached hydrogen (secondary N) is 1. The van der Waals surface area contributed by atoms with Crippen molar-refractivity contribution in [1.29, 1.82) is 0 Å². The summed E-state index contributed by atoms with van der Waals surface area (Å²) in [7, 11) is 0. The third kappa shape index (κ3) is 4.70. The van der Waals surface area contributed by atoms with E-state index >= 15 is 0 Å². The Morgan fingerprint density at radius 1 is 0.938 bits per heavy atom. The van der Waals surface area contributed by atoms with E-state index in [4.69, 9.17) is 18.9 Å². The molecule has 32 heavy (non-hydrogen) atoms. The van der Waals surface area contributed by atoms with E-state index in [1.165, 1.54) is 11.3 Å². The van der Waals surface area contributed by atoms with Gasteiger partial charge in [0.15, 0.2) is 28.1 Å². The Morgan fingerprint density at radius 3 is 2.41 bits per heavy atom. The Hall–Kier alpha value is -3.52. The monoisotopic (exact) mass is 450 g/mol. The number of ether oxygens (including phenoxy) is 4. The van der Waals surface area contributed by atoms with Gasteiger partial charge < -0.3 is 18.9 Å². The van der Waals surface area contributed by atoms with Gasteiger partial charge >= 0.3 is 0 Å². The lowest BCUT2D eigenvalue weighted by Crippen LogP contribution is -2.15. The van der Waals surface area contributed by atoms with Gasteiger partial charge in [-0.25, -0.2) is 4.98 Å². The molecule has 0 fully saturated rings. The summed E-state index contributed by atoms with van der Waals surface area (Å²) >= 11 is 1.38. The second-order valence-corrected chi connectivity index (χ2v) is 8.16. The van der Waals surface area contributed by atoms with Crippen molar-refractivity contribution in [2.45, 2.75) is 12.8 Å². The van der Waals surface area contributed by atoms with Gasteiger partial charge in [0.05, 0.1) is 5.69 Å². The van der Waals surface area contributed by atoms with Crippen LogP contribution in [0.4, 0.5) is 5.13 Å². The summed E-state index contributed by atoms with van der Waals surface area (Å²) < 4.78 is 22.3. The number of allylic oxidation sites excluding steroid dienone is 1. The van der Waals surface area contributed by atoms with Gasteiger partial charge in [-0.2, -0.15) is 0 Å². The summed E-state index contributed by atoms with van der Waals surface area (Å²) in [5.74, 6) is 2.83. The van der Waals surface area contributed by atoms with Gasteiger partial charge in [-0.3, -0.25) is 10.1 Å². The highest BCUT2D eigenvalue weighted by atomic mass is 32.1. The first kappa shape index (κ1) is 20.4. The molecule has 3 aromatic rings. The van der Waals surface area contributed by atoms with Crippen molar-refractivity contribution in [3.63, 3.8) is 0 Å². The second-order valence-electron chi connectivity index (χ2n) is 7.30. The van der Waals surface area contributed by atoms with Crippen LogP contribution in [0.1, 0.15) is 12.0 Å². The third-order valence-electron chi connectivity index (χ3n) is 5.05. The zero-order valence-corrected chi connectivity index (χ0v) is 18.2. The van der Waals surface area contributed by atoms with Crippen molar-refractivity contribution < 1.29 is 23.7 Å². The summed E-state index contributed by atoms with van der Waals surface area (Å²) in [5.41, 5.74) is 2.84. The number of nitrogens with zero attached hydrogens (tertiary/aromatic N) is 1. The molecule has 1 N–H and O–H groups in total. The smallest absolute Gasteiger partial charge is 0.249 e. The van der Waals surface area contributed by atoms with E-state index in [2.05, 4.69) is 10.3 Å². The predicted molar refractivity (Wildman–Crippen MR) is 122 cm³/mol. The number of anilines is 1. The van der Waals surface area contributed by atoms with Gasteiger partial charge in [0.1, 0.15) is 26.4 Å². The number of carbonyl (C=O) groups excluding carboxylic acids is 1. The molecule has 0 atom stereocenters. The summed E-state index contributed by atoms with van der Waals surface area (Å²) in [6.45, 7) is 2.25. The van der Waals surface area contributed by atoms with E-state index in [-0.39, 0.29) is 5.91 Å². The molecule has 0 bridgehead atoms. The summed E-state index contributed by atoms with van der Waals surface area (Å²) in [5, 5.41) is 5.28. The lowest BCUT2D eigenvalue weighted by molar-refractivity contribution is -0.111. The number of aromatic nitrogens is 1. The third-order valence-corrected chi connectivity index (χ3v) is 5.81. The fraction of sp³-hybridized carbons (Fsp3) is 0.250. The fourth-order valence-corrected chi connectivity index (χ4v) is 4.22. The van der Waals surface area contributed by atoms with Crippen molar-refractivity contribution in [2.75, 3.05) is 31.7 Å². The first-order chi connectivity index (χ1) is 15.7. The number of thiazole rings is 1. The second kappa shape index (κ2) is 9.32. The van der Waals surface area contributed by atoms with E-state index < -0.39 is 0 Å². The Balaban J connectivity index is 1.14. The van der Waals surface area contributed by atoms with Crippen molar-refractivity contribution in [2.24, 2.45) is 0 Å². The number of amides is 1. The Kier molecular flexibility index (Phi) is 5.93. The molecule has 5 rings (SSSR count). The fourth-order valence-electron chi connectivity index (χ4n) is 3.50. The maximum atomic E-state index is 12.2. The van der Waals surface area contributed by atoms with Crippen LogP contribution in [0.2, 0.25) is 0 Å². The molecule has 0 radical (unpaired) electrons. The molecule has 2 aromatic carbocycles. The summed E-state index contributed by atoms with van der Waals surface area (Å²) in [6, 6.07) is 11.7.